The fraction of sp³-hybridized carbons (Fsp3) is 0.286. The molecular weight excluding hydrogens is 274 g/mol. The summed E-state index contributed by atoms with van der Waals surface area (Å²) in [5, 5.41) is 18.8. The predicted molar refractivity (Wildman–Crippen MR) is 52.4 cm³/mol. The smallest absolute Gasteiger partial charge is 0.313 e. The molecule has 0 bridgehead atoms. The van der Waals surface area contributed by atoms with Gasteiger partial charge in [0.25, 0.3) is 0 Å². The van der Waals surface area contributed by atoms with E-state index in [-0.39, 0.29) is 5.69 Å². The second kappa shape index (κ2) is 4.52. The molecule has 0 aliphatic carbocycles. The zero-order valence-corrected chi connectivity index (χ0v) is 9.21. The van der Waals surface area contributed by atoms with Crippen molar-refractivity contribution in [1.82, 2.24) is 4.98 Å². The van der Waals surface area contributed by atoms with E-state index in [0.717, 1.165) is 0 Å². The number of carboxylic acids is 2. The Morgan fingerprint density at radius 3 is 2.57 bits per heavy atom. The van der Waals surface area contributed by atoms with E-state index in [0.29, 0.717) is 3.92 Å². The van der Waals surface area contributed by atoms with Crippen LogP contribution in [0.5, 0.6) is 0 Å². The number of thiazole rings is 1. The first-order chi connectivity index (χ1) is 6.50. The molecule has 1 aromatic rings. The van der Waals surface area contributed by atoms with Crippen molar-refractivity contribution in [3.63, 3.8) is 0 Å². The van der Waals surface area contributed by atoms with Gasteiger partial charge in [-0.2, -0.15) is 0 Å². The summed E-state index contributed by atoms with van der Waals surface area (Å²) >= 11 is 4.31. The molecular formula is C7H6BrNO4S. The maximum atomic E-state index is 10.7. The molecule has 0 saturated carbocycles. The minimum Gasteiger partial charge on any atom is -0.481 e. The summed E-state index contributed by atoms with van der Waals surface area (Å²) < 4.78 is 0.545. The SMILES string of the molecule is O=C(O)CC(C(=O)O)c1csc(Br)n1. The lowest BCUT2D eigenvalue weighted by atomic mass is 10.0. The van der Waals surface area contributed by atoms with Crippen LogP contribution in [0.3, 0.4) is 0 Å². The standard InChI is InChI=1S/C7H6BrNO4S/c8-7-9-4(2-14-7)3(6(12)13)1-5(10)11/h2-3H,1H2,(H,10,11)(H,12,13). The van der Waals surface area contributed by atoms with E-state index in [1.807, 2.05) is 0 Å². The first-order valence-electron chi connectivity index (χ1n) is 3.56. The van der Waals surface area contributed by atoms with Gasteiger partial charge in [-0.05, 0) is 15.9 Å². The third-order valence-electron chi connectivity index (χ3n) is 1.53. The molecule has 76 valence electrons. The van der Waals surface area contributed by atoms with Gasteiger partial charge in [0.2, 0.25) is 0 Å². The van der Waals surface area contributed by atoms with Gasteiger partial charge in [-0.3, -0.25) is 9.59 Å². The Balaban J connectivity index is 2.88. The maximum absolute atomic E-state index is 10.7. The molecule has 1 unspecified atom stereocenters. The predicted octanol–water partition coefficient (Wildman–Crippen LogP) is 1.55. The van der Waals surface area contributed by atoms with Crippen molar-refractivity contribution >= 4 is 39.2 Å². The number of halogens is 1. The molecule has 0 spiro atoms. The Morgan fingerprint density at radius 1 is 1.57 bits per heavy atom. The molecule has 1 rings (SSSR count). The monoisotopic (exact) mass is 279 g/mol. The zero-order valence-electron chi connectivity index (χ0n) is 6.81. The van der Waals surface area contributed by atoms with Gasteiger partial charge in [0.1, 0.15) is 5.92 Å². The molecule has 14 heavy (non-hydrogen) atoms. The molecule has 2 N–H and O–H groups in total. The molecule has 1 atom stereocenters. The third kappa shape index (κ3) is 2.78. The van der Waals surface area contributed by atoms with E-state index in [2.05, 4.69) is 20.9 Å². The molecule has 1 heterocycles. The van der Waals surface area contributed by atoms with Crippen LogP contribution in [-0.4, -0.2) is 27.1 Å². The summed E-state index contributed by atoms with van der Waals surface area (Å²) in [7, 11) is 0. The van der Waals surface area contributed by atoms with Gasteiger partial charge < -0.3 is 10.2 Å². The molecule has 5 nitrogen and oxygen atoms in total. The number of carbonyl (C=O) groups is 2. The van der Waals surface area contributed by atoms with Crippen LogP contribution in [0.25, 0.3) is 0 Å². The zero-order chi connectivity index (χ0) is 10.7. The van der Waals surface area contributed by atoms with Crippen molar-refractivity contribution in [3.8, 4) is 0 Å². The van der Waals surface area contributed by atoms with E-state index in [4.69, 9.17) is 10.2 Å². The number of rotatable bonds is 4. The van der Waals surface area contributed by atoms with Gasteiger partial charge in [-0.1, -0.05) is 0 Å². The van der Waals surface area contributed by atoms with Crippen molar-refractivity contribution < 1.29 is 19.8 Å². The normalized spacial score (nSPS) is 12.4. The average Bonchev–Trinajstić information content (AvgIpc) is 2.46. The number of nitrogens with zero attached hydrogens (tertiary/aromatic N) is 1. The maximum Gasteiger partial charge on any atom is 0.313 e. The molecule has 0 radical (unpaired) electrons. The highest BCUT2D eigenvalue weighted by Gasteiger charge is 2.25. The van der Waals surface area contributed by atoms with E-state index >= 15 is 0 Å². The fourth-order valence-corrected chi connectivity index (χ4v) is 1.99. The van der Waals surface area contributed by atoms with E-state index in [1.165, 1.54) is 16.7 Å². The highest BCUT2D eigenvalue weighted by molar-refractivity contribution is 9.11. The van der Waals surface area contributed by atoms with Crippen LogP contribution in [0, 0.1) is 0 Å². The summed E-state index contributed by atoms with van der Waals surface area (Å²) in [5.74, 6) is -3.40. The highest BCUT2D eigenvalue weighted by Crippen LogP contribution is 2.24. The van der Waals surface area contributed by atoms with Crippen LogP contribution in [0.15, 0.2) is 9.30 Å². The average molecular weight is 280 g/mol. The first kappa shape index (κ1) is 11.1. The molecule has 0 aromatic carbocycles. The molecule has 0 fully saturated rings. The number of aliphatic carboxylic acids is 2. The van der Waals surface area contributed by atoms with Crippen molar-refractivity contribution in [1.29, 1.82) is 0 Å². The van der Waals surface area contributed by atoms with Crippen LogP contribution in [-0.2, 0) is 9.59 Å². The van der Waals surface area contributed by atoms with Crippen molar-refractivity contribution in [2.45, 2.75) is 12.3 Å². The van der Waals surface area contributed by atoms with Crippen LogP contribution < -0.4 is 0 Å². The topological polar surface area (TPSA) is 87.5 Å². The Hall–Kier alpha value is -0.950. The highest BCUT2D eigenvalue weighted by atomic mass is 79.9. The van der Waals surface area contributed by atoms with E-state index < -0.39 is 24.3 Å². The van der Waals surface area contributed by atoms with Crippen molar-refractivity contribution in [2.24, 2.45) is 0 Å². The van der Waals surface area contributed by atoms with Gasteiger partial charge in [-0.25, -0.2) is 4.98 Å². The third-order valence-corrected chi connectivity index (χ3v) is 2.91. The minimum atomic E-state index is -1.18. The summed E-state index contributed by atoms with van der Waals surface area (Å²) in [6.45, 7) is 0. The van der Waals surface area contributed by atoms with Gasteiger partial charge >= 0.3 is 11.9 Å². The quantitative estimate of drug-likeness (QED) is 0.873. The molecule has 0 aliphatic rings. The Morgan fingerprint density at radius 2 is 2.21 bits per heavy atom. The summed E-state index contributed by atoms with van der Waals surface area (Å²) in [6, 6.07) is 0. The van der Waals surface area contributed by atoms with Gasteiger partial charge in [0, 0.05) is 5.38 Å². The summed E-state index contributed by atoms with van der Waals surface area (Å²) in [5.41, 5.74) is 0.275. The van der Waals surface area contributed by atoms with Gasteiger partial charge in [0.15, 0.2) is 3.92 Å². The summed E-state index contributed by atoms with van der Waals surface area (Å²) in [4.78, 5) is 25.0. The number of hydrogen-bond donors (Lipinski definition) is 2. The molecule has 0 amide bonds. The van der Waals surface area contributed by atoms with Crippen LogP contribution in [0.2, 0.25) is 0 Å². The Bertz CT molecular complexity index is 364. The number of aromatic nitrogens is 1. The van der Waals surface area contributed by atoms with Gasteiger partial charge in [0.05, 0.1) is 12.1 Å². The molecule has 7 heteroatoms. The minimum absolute atomic E-state index is 0.275. The molecule has 0 aliphatic heterocycles. The largest absolute Gasteiger partial charge is 0.481 e. The van der Waals surface area contributed by atoms with Crippen LogP contribution in [0.4, 0.5) is 0 Å². The lowest BCUT2D eigenvalue weighted by Gasteiger charge is -2.05. The Kier molecular flexibility index (Phi) is 3.59. The van der Waals surface area contributed by atoms with E-state index in [9.17, 15) is 9.59 Å². The second-order valence-electron chi connectivity index (χ2n) is 2.51. The van der Waals surface area contributed by atoms with E-state index in [1.54, 1.807) is 0 Å². The Labute approximate surface area is 91.5 Å². The molecule has 0 saturated heterocycles. The summed E-state index contributed by atoms with van der Waals surface area (Å²) in [6.07, 6.45) is -0.453. The van der Waals surface area contributed by atoms with Gasteiger partial charge in [-0.15, -0.1) is 11.3 Å². The first-order valence-corrected chi connectivity index (χ1v) is 5.23. The van der Waals surface area contributed by atoms with Crippen molar-refractivity contribution in [2.75, 3.05) is 0 Å². The molecule has 1 aromatic heterocycles. The lowest BCUT2D eigenvalue weighted by Crippen LogP contribution is -2.16. The van der Waals surface area contributed by atoms with Crippen LogP contribution >= 0.6 is 27.3 Å². The lowest BCUT2D eigenvalue weighted by molar-refractivity contribution is -0.145. The second-order valence-corrected chi connectivity index (χ2v) is 4.65. The number of carboxylic acid groups (broad SMARTS) is 2. The van der Waals surface area contributed by atoms with Crippen LogP contribution in [0.1, 0.15) is 18.0 Å². The number of hydrogen-bond acceptors (Lipinski definition) is 4. The van der Waals surface area contributed by atoms with Crippen molar-refractivity contribution in [3.05, 3.63) is 15.0 Å². The fourth-order valence-electron chi connectivity index (χ4n) is 0.916.